The second-order valence-corrected chi connectivity index (χ2v) is 4.39. The number of nitrogens with two attached hydrogens (primary N) is 1. The molecule has 0 saturated carbocycles. The zero-order valence-electron chi connectivity index (χ0n) is 9.27. The third-order valence-corrected chi connectivity index (χ3v) is 2.99. The van der Waals surface area contributed by atoms with Crippen molar-refractivity contribution in [2.45, 2.75) is 51.7 Å². The summed E-state index contributed by atoms with van der Waals surface area (Å²) in [6.45, 7) is 3.55. The molecule has 0 heterocycles. The quantitative estimate of drug-likeness (QED) is 0.732. The summed E-state index contributed by atoms with van der Waals surface area (Å²) in [7, 11) is 0. The van der Waals surface area contributed by atoms with Gasteiger partial charge in [0.15, 0.2) is 0 Å². The number of hydrogen-bond donors (Lipinski definition) is 2. The van der Waals surface area contributed by atoms with E-state index in [2.05, 4.69) is 0 Å². The molecule has 0 bridgehead atoms. The average Bonchev–Trinajstić information content (AvgIpc) is 2.01. The van der Waals surface area contributed by atoms with Crippen molar-refractivity contribution in [1.82, 2.24) is 0 Å². The molecule has 5 heteroatoms. The second-order valence-electron chi connectivity index (χ2n) is 4.39. The monoisotopic (exact) mass is 227 g/mol. The average molecular weight is 227 g/mol. The lowest BCUT2D eigenvalue weighted by molar-refractivity contribution is -0.136. The molecule has 0 aliphatic heterocycles. The number of aliphatic hydroxyl groups is 1. The largest absolute Gasteiger partial charge is 0.396 e. The molecule has 0 saturated heterocycles. The van der Waals surface area contributed by atoms with Gasteiger partial charge in [-0.05, 0) is 31.6 Å². The topological polar surface area (TPSA) is 46.2 Å². The summed E-state index contributed by atoms with van der Waals surface area (Å²) < 4.78 is 35.8. The predicted octanol–water partition coefficient (Wildman–Crippen LogP) is 2.45. The molecule has 3 N–H and O–H groups in total. The first-order valence-corrected chi connectivity index (χ1v) is 5.14. The molecule has 0 rings (SSSR count). The summed E-state index contributed by atoms with van der Waals surface area (Å²) >= 11 is 0. The van der Waals surface area contributed by atoms with Crippen LogP contribution in [-0.2, 0) is 0 Å². The molecule has 92 valence electrons. The first-order chi connectivity index (χ1) is 6.71. The van der Waals surface area contributed by atoms with Crippen molar-refractivity contribution in [1.29, 1.82) is 0 Å². The molecule has 0 radical (unpaired) electrons. The molecule has 0 aromatic rings. The summed E-state index contributed by atoms with van der Waals surface area (Å²) in [5.74, 6) is 0. The highest BCUT2D eigenvalue weighted by Gasteiger charge is 2.31. The van der Waals surface area contributed by atoms with Gasteiger partial charge in [0.25, 0.3) is 0 Å². The van der Waals surface area contributed by atoms with Gasteiger partial charge in [-0.1, -0.05) is 6.92 Å². The maximum absolute atomic E-state index is 11.9. The van der Waals surface area contributed by atoms with Gasteiger partial charge >= 0.3 is 6.18 Å². The van der Waals surface area contributed by atoms with Crippen LogP contribution >= 0.6 is 0 Å². The van der Waals surface area contributed by atoms with E-state index in [1.807, 2.05) is 6.92 Å². The van der Waals surface area contributed by atoms with Crippen LogP contribution in [0.5, 0.6) is 0 Å². The van der Waals surface area contributed by atoms with Gasteiger partial charge in [-0.25, -0.2) is 0 Å². The predicted molar refractivity (Wildman–Crippen MR) is 53.4 cm³/mol. The van der Waals surface area contributed by atoms with Crippen molar-refractivity contribution in [2.24, 2.45) is 11.1 Å². The number of hydrogen-bond acceptors (Lipinski definition) is 2. The van der Waals surface area contributed by atoms with Gasteiger partial charge in [-0.15, -0.1) is 0 Å². The summed E-state index contributed by atoms with van der Waals surface area (Å²) in [5.41, 5.74) is 5.31. The van der Waals surface area contributed by atoms with Crippen LogP contribution in [0.1, 0.15) is 39.5 Å². The smallest absolute Gasteiger partial charge is 0.389 e. The van der Waals surface area contributed by atoms with Gasteiger partial charge in [0.1, 0.15) is 0 Å². The third kappa shape index (κ3) is 5.99. The van der Waals surface area contributed by atoms with Crippen LogP contribution < -0.4 is 5.73 Å². The fraction of sp³-hybridized carbons (Fsp3) is 1.00. The van der Waals surface area contributed by atoms with Gasteiger partial charge in [-0.2, -0.15) is 13.2 Å². The van der Waals surface area contributed by atoms with Gasteiger partial charge in [0.05, 0.1) is 0 Å². The van der Waals surface area contributed by atoms with Crippen LogP contribution in [0.4, 0.5) is 13.2 Å². The normalized spacial score (nSPS) is 18.6. The van der Waals surface area contributed by atoms with E-state index in [1.165, 1.54) is 0 Å². The van der Waals surface area contributed by atoms with Crippen LogP contribution in [0, 0.1) is 5.41 Å². The van der Waals surface area contributed by atoms with E-state index in [0.29, 0.717) is 12.8 Å². The molecule has 0 aliphatic rings. The molecule has 0 amide bonds. The molecule has 0 aliphatic carbocycles. The van der Waals surface area contributed by atoms with Crippen LogP contribution in [0.2, 0.25) is 0 Å². The number of halogens is 3. The first kappa shape index (κ1) is 14.7. The Hall–Kier alpha value is -0.290. The first-order valence-electron chi connectivity index (χ1n) is 5.14. The molecule has 2 atom stereocenters. The Labute approximate surface area is 88.7 Å². The van der Waals surface area contributed by atoms with E-state index in [9.17, 15) is 13.2 Å². The fourth-order valence-electron chi connectivity index (χ4n) is 1.53. The number of aliphatic hydroxyl groups excluding tert-OH is 1. The highest BCUT2D eigenvalue weighted by atomic mass is 19.4. The van der Waals surface area contributed by atoms with Crippen molar-refractivity contribution in [3.05, 3.63) is 0 Å². The van der Waals surface area contributed by atoms with E-state index >= 15 is 0 Å². The highest BCUT2D eigenvalue weighted by molar-refractivity contribution is 4.82. The molecule has 2 unspecified atom stereocenters. The Morgan fingerprint density at radius 3 is 2.07 bits per heavy atom. The van der Waals surface area contributed by atoms with Gasteiger partial charge in [0.2, 0.25) is 0 Å². The Kier molecular flexibility index (Phi) is 5.59. The highest BCUT2D eigenvalue weighted by Crippen LogP contribution is 2.33. The minimum absolute atomic E-state index is 0.0376. The summed E-state index contributed by atoms with van der Waals surface area (Å²) in [6.07, 6.45) is -3.96. The lowest BCUT2D eigenvalue weighted by Gasteiger charge is -2.33. The summed E-state index contributed by atoms with van der Waals surface area (Å²) in [5, 5.41) is 8.83. The van der Waals surface area contributed by atoms with E-state index in [1.54, 1.807) is 6.92 Å². The SMILES string of the molecule is CC(N)C(C)(CCO)CCCC(F)(F)F. The summed E-state index contributed by atoms with van der Waals surface area (Å²) in [4.78, 5) is 0. The van der Waals surface area contributed by atoms with Crippen molar-refractivity contribution in [3.8, 4) is 0 Å². The lowest BCUT2D eigenvalue weighted by Crippen LogP contribution is -2.38. The van der Waals surface area contributed by atoms with Gasteiger partial charge in [0, 0.05) is 19.1 Å². The standard InChI is InChI=1S/C10H20F3NO/c1-8(14)9(2,6-7-15)4-3-5-10(11,12)13/h8,15H,3-7,14H2,1-2H3. The van der Waals surface area contributed by atoms with Crippen LogP contribution in [0.3, 0.4) is 0 Å². The van der Waals surface area contributed by atoms with Crippen LogP contribution in [-0.4, -0.2) is 23.9 Å². The van der Waals surface area contributed by atoms with E-state index in [0.717, 1.165) is 0 Å². The Morgan fingerprint density at radius 1 is 1.20 bits per heavy atom. The van der Waals surface area contributed by atoms with E-state index in [4.69, 9.17) is 10.8 Å². The third-order valence-electron chi connectivity index (χ3n) is 2.99. The minimum atomic E-state index is -4.10. The zero-order chi connectivity index (χ0) is 12.1. The van der Waals surface area contributed by atoms with Crippen molar-refractivity contribution in [3.63, 3.8) is 0 Å². The minimum Gasteiger partial charge on any atom is -0.396 e. The maximum atomic E-state index is 11.9. The fourth-order valence-corrected chi connectivity index (χ4v) is 1.53. The van der Waals surface area contributed by atoms with Crippen molar-refractivity contribution in [2.75, 3.05) is 6.61 Å². The van der Waals surface area contributed by atoms with Gasteiger partial charge < -0.3 is 10.8 Å². The van der Waals surface area contributed by atoms with Crippen LogP contribution in [0.15, 0.2) is 0 Å². The second kappa shape index (κ2) is 5.70. The molecule has 15 heavy (non-hydrogen) atoms. The number of alkyl halides is 3. The molecule has 0 aromatic carbocycles. The molecular formula is C10H20F3NO. The molecule has 0 fully saturated rings. The zero-order valence-corrected chi connectivity index (χ0v) is 9.27. The molecule has 2 nitrogen and oxygen atoms in total. The Morgan fingerprint density at radius 2 is 1.73 bits per heavy atom. The van der Waals surface area contributed by atoms with Gasteiger partial charge in [-0.3, -0.25) is 0 Å². The maximum Gasteiger partial charge on any atom is 0.389 e. The molecule has 0 spiro atoms. The Balaban J connectivity index is 4.08. The lowest BCUT2D eigenvalue weighted by atomic mass is 9.76. The number of rotatable bonds is 6. The van der Waals surface area contributed by atoms with Crippen LogP contribution in [0.25, 0.3) is 0 Å². The van der Waals surface area contributed by atoms with E-state index < -0.39 is 18.0 Å². The molecule has 0 aromatic heterocycles. The van der Waals surface area contributed by atoms with Crippen molar-refractivity contribution < 1.29 is 18.3 Å². The Bertz CT molecular complexity index is 182. The summed E-state index contributed by atoms with van der Waals surface area (Å²) in [6, 6.07) is -0.210. The van der Waals surface area contributed by atoms with E-state index in [-0.39, 0.29) is 19.1 Å². The van der Waals surface area contributed by atoms with Crippen molar-refractivity contribution >= 4 is 0 Å². The molecular weight excluding hydrogens is 207 g/mol.